The molecular weight excluding hydrogens is 422 g/mol. The summed E-state index contributed by atoms with van der Waals surface area (Å²) in [5.41, 5.74) is 1.68. The molecule has 0 saturated carbocycles. The van der Waals surface area contributed by atoms with Crippen LogP contribution in [0, 0.1) is 0 Å². The molecule has 0 bridgehead atoms. The van der Waals surface area contributed by atoms with Crippen LogP contribution in [0.15, 0.2) is 28.2 Å². The highest BCUT2D eigenvalue weighted by molar-refractivity contribution is 7.99. The third-order valence-electron chi connectivity index (χ3n) is 5.17. The number of hydrogen-bond donors (Lipinski definition) is 1. The lowest BCUT2D eigenvalue weighted by Crippen LogP contribution is -2.22. The second-order valence-electron chi connectivity index (χ2n) is 7.05. The first kappa shape index (κ1) is 20.7. The molecule has 30 heavy (non-hydrogen) atoms. The molecule has 3 aromatic rings. The van der Waals surface area contributed by atoms with Gasteiger partial charge in [0, 0.05) is 18.0 Å². The van der Waals surface area contributed by atoms with Crippen molar-refractivity contribution in [1.82, 2.24) is 9.55 Å². The predicted octanol–water partition coefficient (Wildman–Crippen LogP) is 3.62. The minimum atomic E-state index is -0.216. The monoisotopic (exact) mass is 445 g/mol. The highest BCUT2D eigenvalue weighted by Crippen LogP contribution is 2.34. The number of carbonyl (C=O) groups is 1. The molecule has 0 aliphatic heterocycles. The van der Waals surface area contributed by atoms with Crippen LogP contribution in [-0.4, -0.2) is 35.4 Å². The lowest BCUT2D eigenvalue weighted by Gasteiger charge is -2.12. The van der Waals surface area contributed by atoms with E-state index in [0.717, 1.165) is 35.9 Å². The van der Waals surface area contributed by atoms with Crippen LogP contribution in [0.5, 0.6) is 11.5 Å². The number of thiophene rings is 1. The van der Waals surface area contributed by atoms with Gasteiger partial charge in [-0.15, -0.1) is 11.3 Å². The number of benzene rings is 1. The SMILES string of the molecule is COc1ccc(OC)c(NC(=O)CSc2nc3sc4c(c3c(=O)n2C)CCCC4)c1. The summed E-state index contributed by atoms with van der Waals surface area (Å²) in [5.74, 6) is 1.07. The summed E-state index contributed by atoms with van der Waals surface area (Å²) in [7, 11) is 4.82. The summed E-state index contributed by atoms with van der Waals surface area (Å²) in [5, 5.41) is 4.14. The average molecular weight is 446 g/mol. The number of hydrogen-bond acceptors (Lipinski definition) is 7. The van der Waals surface area contributed by atoms with E-state index < -0.39 is 0 Å². The van der Waals surface area contributed by atoms with E-state index in [-0.39, 0.29) is 17.2 Å². The van der Waals surface area contributed by atoms with Crippen molar-refractivity contribution in [2.45, 2.75) is 30.8 Å². The van der Waals surface area contributed by atoms with Crippen molar-refractivity contribution in [3.05, 3.63) is 39.0 Å². The lowest BCUT2D eigenvalue weighted by molar-refractivity contribution is -0.113. The molecule has 1 aromatic carbocycles. The molecule has 2 heterocycles. The van der Waals surface area contributed by atoms with Gasteiger partial charge in [0.05, 0.1) is 31.0 Å². The van der Waals surface area contributed by atoms with Crippen LogP contribution in [0.1, 0.15) is 23.3 Å². The summed E-state index contributed by atoms with van der Waals surface area (Å²) in [4.78, 5) is 32.3. The summed E-state index contributed by atoms with van der Waals surface area (Å²) in [6.07, 6.45) is 4.25. The zero-order chi connectivity index (χ0) is 21.3. The second-order valence-corrected chi connectivity index (χ2v) is 9.08. The molecule has 0 radical (unpaired) electrons. The Labute approximate surface area is 182 Å². The summed E-state index contributed by atoms with van der Waals surface area (Å²) >= 11 is 2.86. The molecule has 7 nitrogen and oxygen atoms in total. The van der Waals surface area contributed by atoms with Gasteiger partial charge >= 0.3 is 0 Å². The minimum absolute atomic E-state index is 0.0308. The van der Waals surface area contributed by atoms with Crippen LogP contribution in [0.2, 0.25) is 0 Å². The van der Waals surface area contributed by atoms with Crippen molar-refractivity contribution in [2.24, 2.45) is 7.05 Å². The highest BCUT2D eigenvalue weighted by Gasteiger charge is 2.21. The lowest BCUT2D eigenvalue weighted by atomic mass is 9.97. The summed E-state index contributed by atoms with van der Waals surface area (Å²) < 4.78 is 12.1. The van der Waals surface area contributed by atoms with E-state index in [1.165, 1.54) is 22.2 Å². The Morgan fingerprint density at radius 3 is 2.83 bits per heavy atom. The molecule has 158 valence electrons. The molecule has 1 N–H and O–H groups in total. The van der Waals surface area contributed by atoms with Crippen LogP contribution in [0.3, 0.4) is 0 Å². The van der Waals surface area contributed by atoms with Crippen LogP contribution < -0.4 is 20.3 Å². The maximum Gasteiger partial charge on any atom is 0.262 e. The average Bonchev–Trinajstić information content (AvgIpc) is 3.13. The molecule has 0 spiro atoms. The number of fused-ring (bicyclic) bond motifs is 3. The van der Waals surface area contributed by atoms with Crippen molar-refractivity contribution in [3.8, 4) is 11.5 Å². The molecular formula is C21H23N3O4S2. The highest BCUT2D eigenvalue weighted by atomic mass is 32.2. The quantitative estimate of drug-likeness (QED) is 0.461. The van der Waals surface area contributed by atoms with E-state index in [1.807, 2.05) is 0 Å². The number of ether oxygens (including phenoxy) is 2. The molecule has 0 saturated heterocycles. The van der Waals surface area contributed by atoms with Crippen molar-refractivity contribution < 1.29 is 14.3 Å². The van der Waals surface area contributed by atoms with E-state index in [4.69, 9.17) is 14.5 Å². The molecule has 2 aromatic heterocycles. The molecule has 4 rings (SSSR count). The molecule has 0 fully saturated rings. The normalized spacial score (nSPS) is 13.2. The Morgan fingerprint density at radius 1 is 1.27 bits per heavy atom. The van der Waals surface area contributed by atoms with Gasteiger partial charge < -0.3 is 14.8 Å². The smallest absolute Gasteiger partial charge is 0.262 e. The molecule has 1 aliphatic rings. The van der Waals surface area contributed by atoms with Gasteiger partial charge in [0.1, 0.15) is 16.3 Å². The van der Waals surface area contributed by atoms with Crippen molar-refractivity contribution in [2.75, 3.05) is 25.3 Å². The van der Waals surface area contributed by atoms with Gasteiger partial charge in [0.15, 0.2) is 5.16 Å². The van der Waals surface area contributed by atoms with E-state index in [9.17, 15) is 9.59 Å². The Hall–Kier alpha value is -2.52. The fourth-order valence-corrected chi connectivity index (χ4v) is 5.70. The van der Waals surface area contributed by atoms with Crippen molar-refractivity contribution >= 4 is 44.9 Å². The zero-order valence-electron chi connectivity index (χ0n) is 17.1. The largest absolute Gasteiger partial charge is 0.497 e. The molecule has 1 aliphatic carbocycles. The molecule has 9 heteroatoms. The third kappa shape index (κ3) is 3.91. The van der Waals surface area contributed by atoms with Gasteiger partial charge in [0.2, 0.25) is 5.91 Å². The maximum absolute atomic E-state index is 13.0. The fourth-order valence-electron chi connectivity index (χ4n) is 3.62. The number of amides is 1. The Balaban J connectivity index is 1.53. The van der Waals surface area contributed by atoms with Gasteiger partial charge in [-0.25, -0.2) is 4.98 Å². The molecule has 1 amide bonds. The number of nitrogens with one attached hydrogen (secondary N) is 1. The predicted molar refractivity (Wildman–Crippen MR) is 120 cm³/mol. The molecule has 0 unspecified atom stereocenters. The number of methoxy groups -OCH3 is 2. The number of carbonyl (C=O) groups excluding carboxylic acids is 1. The zero-order valence-corrected chi connectivity index (χ0v) is 18.7. The van der Waals surface area contributed by atoms with Crippen LogP contribution in [0.4, 0.5) is 5.69 Å². The van der Waals surface area contributed by atoms with E-state index in [0.29, 0.717) is 22.3 Å². The van der Waals surface area contributed by atoms with Crippen LogP contribution in [0.25, 0.3) is 10.2 Å². The van der Waals surface area contributed by atoms with Crippen molar-refractivity contribution in [1.29, 1.82) is 0 Å². The van der Waals surface area contributed by atoms with Crippen molar-refractivity contribution in [3.63, 3.8) is 0 Å². The first-order valence-electron chi connectivity index (χ1n) is 9.67. The summed E-state index contributed by atoms with van der Waals surface area (Å²) in [6, 6.07) is 5.20. The summed E-state index contributed by atoms with van der Waals surface area (Å²) in [6.45, 7) is 0. The van der Waals surface area contributed by atoms with Crippen LogP contribution >= 0.6 is 23.1 Å². The van der Waals surface area contributed by atoms with Gasteiger partial charge in [-0.1, -0.05) is 11.8 Å². The van der Waals surface area contributed by atoms with Crippen LogP contribution in [-0.2, 0) is 24.7 Å². The van der Waals surface area contributed by atoms with E-state index in [1.54, 1.807) is 55.4 Å². The number of aromatic nitrogens is 2. The standard InChI is InChI=1S/C21H23N3O4S2/c1-24-20(26)18-13-6-4-5-7-16(13)30-19(18)23-21(24)29-11-17(25)22-14-10-12(27-2)8-9-15(14)28-3/h8-10H,4-7,11H2,1-3H3,(H,22,25). The first-order chi connectivity index (χ1) is 14.5. The van der Waals surface area contributed by atoms with Gasteiger partial charge in [-0.3, -0.25) is 14.2 Å². The number of rotatable bonds is 6. The van der Waals surface area contributed by atoms with Gasteiger partial charge in [-0.05, 0) is 43.4 Å². The van der Waals surface area contributed by atoms with E-state index in [2.05, 4.69) is 5.32 Å². The molecule has 0 atom stereocenters. The maximum atomic E-state index is 13.0. The topological polar surface area (TPSA) is 82.5 Å². The Bertz CT molecular complexity index is 1170. The third-order valence-corrected chi connectivity index (χ3v) is 7.38. The fraction of sp³-hybridized carbons (Fsp3) is 0.381. The minimum Gasteiger partial charge on any atom is -0.497 e. The number of aryl methyl sites for hydroxylation is 2. The first-order valence-corrected chi connectivity index (χ1v) is 11.5. The van der Waals surface area contributed by atoms with Gasteiger partial charge in [-0.2, -0.15) is 0 Å². The van der Waals surface area contributed by atoms with Gasteiger partial charge in [0.25, 0.3) is 5.56 Å². The number of anilines is 1. The Kier molecular flexibility index (Phi) is 6.01. The second kappa shape index (κ2) is 8.69. The number of nitrogens with zero attached hydrogens (tertiary/aromatic N) is 2. The number of thioether (sulfide) groups is 1. The Morgan fingerprint density at radius 2 is 2.07 bits per heavy atom. The van der Waals surface area contributed by atoms with E-state index >= 15 is 0 Å².